The standard InChI is InChI=1S/C15H19BrFN3/c1-9-3-2-4-10(5-9)8-20-14-7-12(17)11(16)6-13(14)19-15(20)18/h6-7,9-10H,2-5,8H2,1H3,(H2,18,19). The normalized spacial score (nSPS) is 23.4. The number of anilines is 1. The van der Waals surface area contributed by atoms with Gasteiger partial charge in [0, 0.05) is 12.6 Å². The van der Waals surface area contributed by atoms with E-state index in [0.29, 0.717) is 16.3 Å². The Balaban J connectivity index is 1.94. The third-order valence-electron chi connectivity index (χ3n) is 4.31. The van der Waals surface area contributed by atoms with E-state index in [2.05, 4.69) is 27.8 Å². The molecule has 1 aliphatic rings. The smallest absolute Gasteiger partial charge is 0.201 e. The van der Waals surface area contributed by atoms with Crippen LogP contribution in [0.2, 0.25) is 0 Å². The first-order chi connectivity index (χ1) is 9.54. The van der Waals surface area contributed by atoms with E-state index in [0.717, 1.165) is 23.5 Å². The molecular formula is C15H19BrFN3. The zero-order valence-electron chi connectivity index (χ0n) is 11.6. The minimum atomic E-state index is -0.268. The minimum absolute atomic E-state index is 0.268. The first-order valence-electron chi connectivity index (χ1n) is 7.15. The molecule has 3 rings (SSSR count). The van der Waals surface area contributed by atoms with Crippen LogP contribution in [0.1, 0.15) is 32.6 Å². The summed E-state index contributed by atoms with van der Waals surface area (Å²) in [6.07, 6.45) is 5.04. The van der Waals surface area contributed by atoms with Crippen LogP contribution in [0.15, 0.2) is 16.6 Å². The molecule has 1 saturated carbocycles. The molecule has 0 aliphatic heterocycles. The lowest BCUT2D eigenvalue weighted by molar-refractivity contribution is 0.259. The van der Waals surface area contributed by atoms with E-state index in [1.807, 2.05) is 4.57 Å². The van der Waals surface area contributed by atoms with Crippen LogP contribution in [0.4, 0.5) is 10.3 Å². The fraction of sp³-hybridized carbons (Fsp3) is 0.533. The summed E-state index contributed by atoms with van der Waals surface area (Å²) < 4.78 is 16.1. The SMILES string of the molecule is CC1CCCC(Cn2c(N)nc3cc(Br)c(F)cc32)C1. The Hall–Kier alpha value is -1.10. The molecule has 5 heteroatoms. The molecule has 0 amide bonds. The van der Waals surface area contributed by atoms with Gasteiger partial charge in [0.25, 0.3) is 0 Å². The van der Waals surface area contributed by atoms with Crippen LogP contribution in [0.3, 0.4) is 0 Å². The highest BCUT2D eigenvalue weighted by Crippen LogP contribution is 2.32. The van der Waals surface area contributed by atoms with Crippen LogP contribution in [-0.2, 0) is 6.54 Å². The summed E-state index contributed by atoms with van der Waals surface area (Å²) in [6, 6.07) is 3.22. The number of halogens is 2. The summed E-state index contributed by atoms with van der Waals surface area (Å²) in [5.41, 5.74) is 7.56. The van der Waals surface area contributed by atoms with Gasteiger partial charge in [-0.2, -0.15) is 0 Å². The second-order valence-corrected chi connectivity index (χ2v) is 6.83. The third-order valence-corrected chi connectivity index (χ3v) is 4.91. The van der Waals surface area contributed by atoms with E-state index in [1.54, 1.807) is 6.07 Å². The minimum Gasteiger partial charge on any atom is -0.369 e. The third kappa shape index (κ3) is 2.55. The first kappa shape index (κ1) is 13.9. The molecule has 2 unspecified atom stereocenters. The van der Waals surface area contributed by atoms with E-state index < -0.39 is 0 Å². The average Bonchev–Trinajstić information content (AvgIpc) is 2.67. The molecule has 2 atom stereocenters. The molecule has 3 nitrogen and oxygen atoms in total. The molecule has 0 bridgehead atoms. The monoisotopic (exact) mass is 339 g/mol. The predicted molar refractivity (Wildman–Crippen MR) is 82.9 cm³/mol. The topological polar surface area (TPSA) is 43.8 Å². The number of hydrogen-bond acceptors (Lipinski definition) is 2. The van der Waals surface area contributed by atoms with Crippen LogP contribution < -0.4 is 5.73 Å². The van der Waals surface area contributed by atoms with Crippen molar-refractivity contribution in [3.63, 3.8) is 0 Å². The molecule has 1 fully saturated rings. The summed E-state index contributed by atoms with van der Waals surface area (Å²) in [5.74, 6) is 1.60. The summed E-state index contributed by atoms with van der Waals surface area (Å²) in [5, 5.41) is 0. The van der Waals surface area contributed by atoms with Gasteiger partial charge in [-0.3, -0.25) is 0 Å². The lowest BCUT2D eigenvalue weighted by Crippen LogP contribution is -2.19. The molecule has 1 aromatic carbocycles. The van der Waals surface area contributed by atoms with Crippen molar-refractivity contribution in [2.24, 2.45) is 11.8 Å². The van der Waals surface area contributed by atoms with Gasteiger partial charge in [0.05, 0.1) is 15.5 Å². The predicted octanol–water partition coefficient (Wildman–Crippen LogP) is 4.35. The lowest BCUT2D eigenvalue weighted by Gasteiger charge is -2.27. The summed E-state index contributed by atoms with van der Waals surface area (Å²) in [4.78, 5) is 4.34. The fourth-order valence-electron chi connectivity index (χ4n) is 3.31. The maximum absolute atomic E-state index is 13.7. The van der Waals surface area contributed by atoms with Crippen LogP contribution in [-0.4, -0.2) is 9.55 Å². The number of aromatic nitrogens is 2. The molecule has 0 saturated heterocycles. The number of fused-ring (bicyclic) bond motifs is 1. The van der Waals surface area contributed by atoms with Crippen LogP contribution in [0, 0.1) is 17.7 Å². The molecule has 2 N–H and O–H groups in total. The number of benzene rings is 1. The molecule has 1 aliphatic carbocycles. The Labute approximate surface area is 126 Å². The van der Waals surface area contributed by atoms with Gasteiger partial charge >= 0.3 is 0 Å². The quantitative estimate of drug-likeness (QED) is 0.883. The largest absolute Gasteiger partial charge is 0.369 e. The van der Waals surface area contributed by atoms with Gasteiger partial charge < -0.3 is 10.3 Å². The fourth-order valence-corrected chi connectivity index (χ4v) is 3.65. The maximum atomic E-state index is 13.7. The Morgan fingerprint density at radius 3 is 3.00 bits per heavy atom. The van der Waals surface area contributed by atoms with E-state index in [4.69, 9.17) is 5.73 Å². The molecule has 0 spiro atoms. The Morgan fingerprint density at radius 1 is 1.45 bits per heavy atom. The van der Waals surface area contributed by atoms with Gasteiger partial charge in [0.15, 0.2) is 0 Å². The zero-order chi connectivity index (χ0) is 14.3. The second-order valence-electron chi connectivity index (χ2n) is 5.97. The van der Waals surface area contributed by atoms with Crippen molar-refractivity contribution in [1.82, 2.24) is 9.55 Å². The lowest BCUT2D eigenvalue weighted by atomic mass is 9.82. The highest BCUT2D eigenvalue weighted by Gasteiger charge is 2.21. The Bertz CT molecular complexity index is 638. The Kier molecular flexibility index (Phi) is 3.71. The van der Waals surface area contributed by atoms with Crippen molar-refractivity contribution >= 4 is 32.9 Å². The van der Waals surface area contributed by atoms with Crippen molar-refractivity contribution in [1.29, 1.82) is 0 Å². The van der Waals surface area contributed by atoms with Gasteiger partial charge in [-0.1, -0.05) is 19.8 Å². The van der Waals surface area contributed by atoms with Gasteiger partial charge in [-0.25, -0.2) is 9.37 Å². The molecule has 1 heterocycles. The van der Waals surface area contributed by atoms with Crippen molar-refractivity contribution in [2.45, 2.75) is 39.2 Å². The van der Waals surface area contributed by atoms with E-state index in [1.165, 1.54) is 31.7 Å². The molecule has 2 aromatic rings. The maximum Gasteiger partial charge on any atom is 0.201 e. The summed E-state index contributed by atoms with van der Waals surface area (Å²) in [7, 11) is 0. The highest BCUT2D eigenvalue weighted by molar-refractivity contribution is 9.10. The molecular weight excluding hydrogens is 321 g/mol. The number of nitrogens with zero attached hydrogens (tertiary/aromatic N) is 2. The molecule has 1 aromatic heterocycles. The van der Waals surface area contributed by atoms with Gasteiger partial charge in [-0.05, 0) is 46.7 Å². The number of nitrogens with two attached hydrogens (primary N) is 1. The number of rotatable bonds is 2. The van der Waals surface area contributed by atoms with E-state index in [-0.39, 0.29) is 5.82 Å². The van der Waals surface area contributed by atoms with Gasteiger partial charge in [-0.15, -0.1) is 0 Å². The van der Waals surface area contributed by atoms with Gasteiger partial charge in [0.1, 0.15) is 5.82 Å². The molecule has 108 valence electrons. The van der Waals surface area contributed by atoms with E-state index in [9.17, 15) is 4.39 Å². The number of imidazole rings is 1. The molecule has 0 radical (unpaired) electrons. The zero-order valence-corrected chi connectivity index (χ0v) is 13.2. The van der Waals surface area contributed by atoms with Crippen LogP contribution in [0.5, 0.6) is 0 Å². The van der Waals surface area contributed by atoms with Crippen molar-refractivity contribution < 1.29 is 4.39 Å². The average molecular weight is 340 g/mol. The highest BCUT2D eigenvalue weighted by atomic mass is 79.9. The second kappa shape index (κ2) is 5.35. The van der Waals surface area contributed by atoms with Gasteiger partial charge in [0.2, 0.25) is 5.95 Å². The molecule has 20 heavy (non-hydrogen) atoms. The Morgan fingerprint density at radius 2 is 2.25 bits per heavy atom. The van der Waals surface area contributed by atoms with Crippen molar-refractivity contribution in [3.8, 4) is 0 Å². The van der Waals surface area contributed by atoms with Crippen LogP contribution in [0.25, 0.3) is 11.0 Å². The van der Waals surface area contributed by atoms with Crippen LogP contribution >= 0.6 is 15.9 Å². The summed E-state index contributed by atoms with van der Waals surface area (Å²) in [6.45, 7) is 3.14. The number of hydrogen-bond donors (Lipinski definition) is 1. The first-order valence-corrected chi connectivity index (χ1v) is 7.94. The van der Waals surface area contributed by atoms with E-state index >= 15 is 0 Å². The summed E-state index contributed by atoms with van der Waals surface area (Å²) >= 11 is 3.19. The van der Waals surface area contributed by atoms with Crippen molar-refractivity contribution in [3.05, 3.63) is 22.4 Å². The van der Waals surface area contributed by atoms with Crippen molar-refractivity contribution in [2.75, 3.05) is 5.73 Å². The number of nitrogen functional groups attached to an aromatic ring is 1.